The first-order chi connectivity index (χ1) is 8.83. The summed E-state index contributed by atoms with van der Waals surface area (Å²) >= 11 is 3.65. The lowest BCUT2D eigenvalue weighted by molar-refractivity contribution is 0.466. The minimum atomic E-state index is 0.569. The largest absolute Gasteiger partial charge is 0.310 e. The summed E-state index contributed by atoms with van der Waals surface area (Å²) in [5.41, 5.74) is 2.77. The van der Waals surface area contributed by atoms with Crippen LogP contribution in [0.25, 0.3) is 0 Å². The fourth-order valence-electron chi connectivity index (χ4n) is 2.60. The molecule has 0 fully saturated rings. The molecule has 0 amide bonds. The topological polar surface area (TPSA) is 24.9 Å². The summed E-state index contributed by atoms with van der Waals surface area (Å²) in [7, 11) is 0. The van der Waals surface area contributed by atoms with Crippen molar-refractivity contribution in [1.29, 1.82) is 0 Å². The highest BCUT2D eigenvalue weighted by molar-refractivity contribution is 7.10. The number of nitrogens with one attached hydrogen (secondary N) is 1. The van der Waals surface area contributed by atoms with Crippen LogP contribution in [-0.4, -0.2) is 11.5 Å². The fraction of sp³-hybridized carbons (Fsp3) is 0.500. The van der Waals surface area contributed by atoms with Gasteiger partial charge < -0.3 is 5.32 Å². The summed E-state index contributed by atoms with van der Waals surface area (Å²) in [6.07, 6.45) is 4.91. The van der Waals surface area contributed by atoms with Gasteiger partial charge in [0.05, 0.1) is 10.7 Å². The molecule has 2 aromatic heterocycles. The van der Waals surface area contributed by atoms with Crippen LogP contribution < -0.4 is 5.32 Å². The first-order valence-electron chi connectivity index (χ1n) is 6.53. The SMILES string of the molecule is Cc1nc(CCNC2CCCc3sccc32)cs1. The molecule has 1 atom stereocenters. The first kappa shape index (κ1) is 12.3. The fourth-order valence-corrected chi connectivity index (χ4v) is 4.23. The van der Waals surface area contributed by atoms with E-state index in [9.17, 15) is 0 Å². The number of hydrogen-bond donors (Lipinski definition) is 1. The maximum Gasteiger partial charge on any atom is 0.0897 e. The lowest BCUT2D eigenvalue weighted by Crippen LogP contribution is -2.26. The molecule has 0 bridgehead atoms. The molecule has 1 unspecified atom stereocenters. The molecule has 0 aromatic carbocycles. The van der Waals surface area contributed by atoms with Crippen molar-refractivity contribution in [2.45, 2.75) is 38.6 Å². The van der Waals surface area contributed by atoms with E-state index in [0.29, 0.717) is 6.04 Å². The number of thiophene rings is 1. The van der Waals surface area contributed by atoms with Crippen molar-refractivity contribution in [3.8, 4) is 0 Å². The maximum absolute atomic E-state index is 4.51. The summed E-state index contributed by atoms with van der Waals surface area (Å²) in [6.45, 7) is 3.10. The Hall–Kier alpha value is -0.710. The Morgan fingerprint density at radius 2 is 2.39 bits per heavy atom. The highest BCUT2D eigenvalue weighted by Crippen LogP contribution is 2.33. The van der Waals surface area contributed by atoms with Gasteiger partial charge in [0.15, 0.2) is 0 Å². The Kier molecular flexibility index (Phi) is 3.77. The normalized spacial score (nSPS) is 18.8. The Morgan fingerprint density at radius 1 is 1.44 bits per heavy atom. The van der Waals surface area contributed by atoms with Crippen molar-refractivity contribution in [2.75, 3.05) is 6.54 Å². The lowest BCUT2D eigenvalue weighted by atomic mass is 9.94. The molecule has 4 heteroatoms. The zero-order valence-electron chi connectivity index (χ0n) is 10.6. The molecule has 0 aliphatic heterocycles. The molecule has 96 valence electrons. The molecule has 0 radical (unpaired) electrons. The van der Waals surface area contributed by atoms with E-state index in [2.05, 4.69) is 34.1 Å². The summed E-state index contributed by atoms with van der Waals surface area (Å²) in [4.78, 5) is 6.09. The molecular weight excluding hydrogens is 260 g/mol. The molecule has 2 heterocycles. The third-order valence-corrected chi connectivity index (χ3v) is 5.31. The van der Waals surface area contributed by atoms with Gasteiger partial charge in [-0.25, -0.2) is 4.98 Å². The third kappa shape index (κ3) is 2.66. The van der Waals surface area contributed by atoms with Crippen molar-refractivity contribution >= 4 is 22.7 Å². The molecule has 1 aliphatic carbocycles. The van der Waals surface area contributed by atoms with Gasteiger partial charge in [-0.1, -0.05) is 0 Å². The van der Waals surface area contributed by atoms with Crippen LogP contribution in [0.15, 0.2) is 16.8 Å². The van der Waals surface area contributed by atoms with E-state index in [1.807, 2.05) is 11.3 Å². The van der Waals surface area contributed by atoms with Gasteiger partial charge in [0, 0.05) is 29.3 Å². The zero-order valence-corrected chi connectivity index (χ0v) is 12.2. The van der Waals surface area contributed by atoms with Crippen LogP contribution >= 0.6 is 22.7 Å². The highest BCUT2D eigenvalue weighted by atomic mass is 32.1. The van der Waals surface area contributed by atoms with Crippen LogP contribution in [0.2, 0.25) is 0 Å². The summed E-state index contributed by atoms with van der Waals surface area (Å²) in [6, 6.07) is 2.86. The molecule has 1 N–H and O–H groups in total. The van der Waals surface area contributed by atoms with E-state index in [1.165, 1.54) is 30.0 Å². The van der Waals surface area contributed by atoms with Gasteiger partial charge in [0.25, 0.3) is 0 Å². The average molecular weight is 278 g/mol. The summed E-state index contributed by atoms with van der Waals surface area (Å²) in [5.74, 6) is 0. The molecule has 0 spiro atoms. The van der Waals surface area contributed by atoms with Crippen molar-refractivity contribution in [3.63, 3.8) is 0 Å². The number of aromatic nitrogens is 1. The second-order valence-electron chi connectivity index (χ2n) is 4.81. The van der Waals surface area contributed by atoms with E-state index in [4.69, 9.17) is 0 Å². The molecule has 18 heavy (non-hydrogen) atoms. The van der Waals surface area contributed by atoms with E-state index >= 15 is 0 Å². The molecule has 1 aliphatic rings. The smallest absolute Gasteiger partial charge is 0.0897 e. The maximum atomic E-state index is 4.51. The van der Waals surface area contributed by atoms with Gasteiger partial charge >= 0.3 is 0 Å². The predicted octanol–water partition coefficient (Wildman–Crippen LogP) is 3.72. The third-order valence-electron chi connectivity index (χ3n) is 3.49. The average Bonchev–Trinajstić information content (AvgIpc) is 2.98. The van der Waals surface area contributed by atoms with Crippen LogP contribution in [0.3, 0.4) is 0 Å². The van der Waals surface area contributed by atoms with E-state index in [0.717, 1.165) is 13.0 Å². The van der Waals surface area contributed by atoms with Crippen LogP contribution in [0, 0.1) is 6.92 Å². The highest BCUT2D eigenvalue weighted by Gasteiger charge is 2.20. The Balaban J connectivity index is 1.55. The Morgan fingerprint density at radius 3 is 3.22 bits per heavy atom. The number of hydrogen-bond acceptors (Lipinski definition) is 4. The number of aryl methyl sites for hydroxylation is 2. The number of nitrogens with zero attached hydrogens (tertiary/aromatic N) is 1. The van der Waals surface area contributed by atoms with Gasteiger partial charge in [-0.15, -0.1) is 22.7 Å². The Bertz CT molecular complexity index is 515. The molecular formula is C14H18N2S2. The minimum Gasteiger partial charge on any atom is -0.310 e. The van der Waals surface area contributed by atoms with E-state index < -0.39 is 0 Å². The summed E-state index contributed by atoms with van der Waals surface area (Å²) < 4.78 is 0. The van der Waals surface area contributed by atoms with Crippen molar-refractivity contribution in [1.82, 2.24) is 10.3 Å². The predicted molar refractivity (Wildman–Crippen MR) is 78.6 cm³/mol. The number of thiazole rings is 1. The second kappa shape index (κ2) is 5.51. The van der Waals surface area contributed by atoms with Gasteiger partial charge in [0.1, 0.15) is 0 Å². The first-order valence-corrected chi connectivity index (χ1v) is 8.29. The lowest BCUT2D eigenvalue weighted by Gasteiger charge is -2.23. The zero-order chi connectivity index (χ0) is 12.4. The molecule has 0 saturated carbocycles. The standard InChI is InChI=1S/C14H18N2S2/c1-10-16-11(9-18-10)5-7-15-13-3-2-4-14-12(13)6-8-17-14/h6,8-9,13,15H,2-5,7H2,1H3. The molecule has 3 rings (SSSR count). The van der Waals surface area contributed by atoms with Gasteiger partial charge in [0.2, 0.25) is 0 Å². The Labute approximate surface area is 116 Å². The van der Waals surface area contributed by atoms with Crippen molar-refractivity contribution in [2.24, 2.45) is 0 Å². The molecule has 2 aromatic rings. The number of rotatable bonds is 4. The van der Waals surface area contributed by atoms with Crippen LogP contribution in [-0.2, 0) is 12.8 Å². The van der Waals surface area contributed by atoms with Crippen LogP contribution in [0.4, 0.5) is 0 Å². The van der Waals surface area contributed by atoms with Crippen molar-refractivity contribution < 1.29 is 0 Å². The van der Waals surface area contributed by atoms with E-state index in [1.54, 1.807) is 21.8 Å². The second-order valence-corrected chi connectivity index (χ2v) is 6.87. The van der Waals surface area contributed by atoms with E-state index in [-0.39, 0.29) is 0 Å². The monoisotopic (exact) mass is 278 g/mol. The van der Waals surface area contributed by atoms with Gasteiger partial charge in [-0.3, -0.25) is 0 Å². The van der Waals surface area contributed by atoms with Crippen LogP contribution in [0.5, 0.6) is 0 Å². The minimum absolute atomic E-state index is 0.569. The molecule has 2 nitrogen and oxygen atoms in total. The number of fused-ring (bicyclic) bond motifs is 1. The van der Waals surface area contributed by atoms with Crippen molar-refractivity contribution in [3.05, 3.63) is 38.0 Å². The summed E-state index contributed by atoms with van der Waals surface area (Å²) in [5, 5.41) is 9.27. The quantitative estimate of drug-likeness (QED) is 0.922. The molecule has 0 saturated heterocycles. The van der Waals surface area contributed by atoms with Gasteiger partial charge in [-0.05, 0) is 43.2 Å². The van der Waals surface area contributed by atoms with Crippen LogP contribution in [0.1, 0.15) is 40.0 Å². The van der Waals surface area contributed by atoms with Gasteiger partial charge in [-0.2, -0.15) is 0 Å².